The minimum Gasteiger partial charge on any atom is -0.493 e. The summed E-state index contributed by atoms with van der Waals surface area (Å²) in [5, 5.41) is 0.165. The van der Waals surface area contributed by atoms with Gasteiger partial charge in [0.1, 0.15) is 5.82 Å². The SMILES string of the molecule is COc1cc2c(cc1OC)CN(S(=O)(=O)c1cn3c(n1)CCCC3)CC2. The molecule has 4 rings (SSSR count). The van der Waals surface area contributed by atoms with Crippen LogP contribution in [0.4, 0.5) is 0 Å². The van der Waals surface area contributed by atoms with Gasteiger partial charge in [-0.25, -0.2) is 13.4 Å². The van der Waals surface area contributed by atoms with Gasteiger partial charge in [0.15, 0.2) is 16.5 Å². The van der Waals surface area contributed by atoms with Crippen molar-refractivity contribution in [3.05, 3.63) is 35.3 Å². The van der Waals surface area contributed by atoms with Crippen LogP contribution in [0.15, 0.2) is 23.4 Å². The Morgan fingerprint density at radius 3 is 2.42 bits per heavy atom. The number of imidazole rings is 1. The summed E-state index contributed by atoms with van der Waals surface area (Å²) < 4.78 is 40.4. The zero-order valence-electron chi connectivity index (χ0n) is 15.1. The largest absolute Gasteiger partial charge is 0.493 e. The van der Waals surface area contributed by atoms with Gasteiger partial charge in [0, 0.05) is 32.3 Å². The smallest absolute Gasteiger partial charge is 0.262 e. The molecule has 8 heteroatoms. The molecule has 0 aliphatic carbocycles. The van der Waals surface area contributed by atoms with E-state index in [1.165, 1.54) is 4.31 Å². The third kappa shape index (κ3) is 2.87. The van der Waals surface area contributed by atoms with E-state index >= 15 is 0 Å². The van der Waals surface area contributed by atoms with Gasteiger partial charge in [-0.15, -0.1) is 0 Å². The molecule has 0 fully saturated rings. The van der Waals surface area contributed by atoms with Crippen LogP contribution in [0.3, 0.4) is 0 Å². The Morgan fingerprint density at radius 1 is 1.00 bits per heavy atom. The highest BCUT2D eigenvalue weighted by molar-refractivity contribution is 7.89. The zero-order chi connectivity index (χ0) is 18.3. The maximum atomic E-state index is 13.1. The number of nitrogens with zero attached hydrogens (tertiary/aromatic N) is 3. The fourth-order valence-corrected chi connectivity index (χ4v) is 5.09. The van der Waals surface area contributed by atoms with E-state index in [9.17, 15) is 8.42 Å². The minimum atomic E-state index is -3.60. The molecule has 7 nitrogen and oxygen atoms in total. The molecule has 140 valence electrons. The lowest BCUT2D eigenvalue weighted by atomic mass is 10.0. The maximum absolute atomic E-state index is 13.1. The molecule has 2 aromatic rings. The van der Waals surface area contributed by atoms with Gasteiger partial charge in [-0.3, -0.25) is 0 Å². The molecule has 0 amide bonds. The van der Waals surface area contributed by atoms with E-state index < -0.39 is 10.0 Å². The van der Waals surface area contributed by atoms with Crippen LogP contribution in [0.2, 0.25) is 0 Å². The number of benzene rings is 1. The maximum Gasteiger partial charge on any atom is 0.262 e. The average Bonchev–Trinajstić information content (AvgIpc) is 3.11. The van der Waals surface area contributed by atoms with Crippen LogP contribution in [0, 0.1) is 0 Å². The van der Waals surface area contributed by atoms with Gasteiger partial charge in [0.05, 0.1) is 14.2 Å². The number of aromatic nitrogens is 2. The molecule has 0 bridgehead atoms. The first kappa shape index (κ1) is 17.4. The number of rotatable bonds is 4. The van der Waals surface area contributed by atoms with E-state index in [0.717, 1.165) is 42.8 Å². The van der Waals surface area contributed by atoms with Gasteiger partial charge in [-0.2, -0.15) is 4.31 Å². The van der Waals surface area contributed by atoms with Crippen molar-refractivity contribution in [2.75, 3.05) is 20.8 Å². The van der Waals surface area contributed by atoms with E-state index in [4.69, 9.17) is 9.47 Å². The first-order valence-corrected chi connectivity index (χ1v) is 10.3. The second-order valence-corrected chi connectivity index (χ2v) is 8.60. The van der Waals surface area contributed by atoms with Crippen molar-refractivity contribution in [3.63, 3.8) is 0 Å². The molecule has 0 saturated heterocycles. The van der Waals surface area contributed by atoms with E-state index in [2.05, 4.69) is 4.98 Å². The Morgan fingerprint density at radius 2 is 1.73 bits per heavy atom. The predicted molar refractivity (Wildman–Crippen MR) is 96.0 cm³/mol. The Labute approximate surface area is 153 Å². The quantitative estimate of drug-likeness (QED) is 0.815. The Balaban J connectivity index is 1.64. The minimum absolute atomic E-state index is 0.165. The average molecular weight is 377 g/mol. The van der Waals surface area contributed by atoms with Crippen LogP contribution in [0.5, 0.6) is 11.5 Å². The van der Waals surface area contributed by atoms with Crippen LogP contribution < -0.4 is 9.47 Å². The monoisotopic (exact) mass is 377 g/mol. The molecule has 1 aromatic carbocycles. The van der Waals surface area contributed by atoms with Gasteiger partial charge < -0.3 is 14.0 Å². The number of sulfonamides is 1. The van der Waals surface area contributed by atoms with Crippen LogP contribution in [0.1, 0.15) is 29.8 Å². The predicted octanol–water partition coefficient (Wildman–Crippen LogP) is 1.98. The molecule has 3 heterocycles. The van der Waals surface area contributed by atoms with Crippen LogP contribution in [-0.2, 0) is 36.0 Å². The number of aryl methyl sites for hydroxylation is 2. The fourth-order valence-electron chi connectivity index (χ4n) is 3.71. The lowest BCUT2D eigenvalue weighted by Crippen LogP contribution is -2.36. The van der Waals surface area contributed by atoms with Crippen molar-refractivity contribution >= 4 is 10.0 Å². The molecule has 0 N–H and O–H groups in total. The summed E-state index contributed by atoms with van der Waals surface area (Å²) in [4.78, 5) is 4.40. The molecule has 1 aromatic heterocycles. The molecular formula is C18H23N3O4S. The van der Waals surface area contributed by atoms with Crippen LogP contribution in [0.25, 0.3) is 0 Å². The van der Waals surface area contributed by atoms with Gasteiger partial charge in [0.2, 0.25) is 0 Å². The first-order valence-electron chi connectivity index (χ1n) is 8.83. The molecule has 0 radical (unpaired) electrons. The molecular weight excluding hydrogens is 354 g/mol. The van der Waals surface area contributed by atoms with E-state index in [0.29, 0.717) is 31.0 Å². The highest BCUT2D eigenvalue weighted by atomic mass is 32.2. The second kappa shape index (κ2) is 6.59. The van der Waals surface area contributed by atoms with Crippen LogP contribution in [-0.4, -0.2) is 43.0 Å². The number of methoxy groups -OCH3 is 2. The van der Waals surface area contributed by atoms with Crippen LogP contribution >= 0.6 is 0 Å². The van der Waals surface area contributed by atoms with Crippen molar-refractivity contribution in [2.24, 2.45) is 0 Å². The normalized spacial score (nSPS) is 17.5. The summed E-state index contributed by atoms with van der Waals surface area (Å²) in [6, 6.07) is 3.81. The number of hydrogen-bond acceptors (Lipinski definition) is 5. The fraction of sp³-hybridized carbons (Fsp3) is 0.500. The van der Waals surface area contributed by atoms with E-state index in [1.807, 2.05) is 16.7 Å². The van der Waals surface area contributed by atoms with Gasteiger partial charge in [0.25, 0.3) is 10.0 Å². The molecule has 0 atom stereocenters. The number of fused-ring (bicyclic) bond motifs is 2. The Hall–Kier alpha value is -2.06. The highest BCUT2D eigenvalue weighted by Gasteiger charge is 2.32. The first-order chi connectivity index (χ1) is 12.5. The second-order valence-electron chi connectivity index (χ2n) is 6.71. The lowest BCUT2D eigenvalue weighted by Gasteiger charge is -2.28. The van der Waals surface area contributed by atoms with Crippen molar-refractivity contribution in [1.82, 2.24) is 13.9 Å². The summed E-state index contributed by atoms with van der Waals surface area (Å²) in [5.74, 6) is 2.16. The van der Waals surface area contributed by atoms with Gasteiger partial charge in [-0.1, -0.05) is 0 Å². The van der Waals surface area contributed by atoms with Crippen molar-refractivity contribution < 1.29 is 17.9 Å². The van der Waals surface area contributed by atoms with Crippen molar-refractivity contribution in [1.29, 1.82) is 0 Å². The molecule has 26 heavy (non-hydrogen) atoms. The van der Waals surface area contributed by atoms with Gasteiger partial charge >= 0.3 is 0 Å². The Kier molecular flexibility index (Phi) is 4.40. The summed E-state index contributed by atoms with van der Waals surface area (Å²) in [6.45, 7) is 1.60. The van der Waals surface area contributed by atoms with Crippen molar-refractivity contribution in [3.8, 4) is 11.5 Å². The highest BCUT2D eigenvalue weighted by Crippen LogP contribution is 2.34. The van der Waals surface area contributed by atoms with Crippen molar-refractivity contribution in [2.45, 2.75) is 43.8 Å². The summed E-state index contributed by atoms with van der Waals surface area (Å²) in [5.41, 5.74) is 2.04. The zero-order valence-corrected chi connectivity index (χ0v) is 15.9. The van der Waals surface area contributed by atoms with Gasteiger partial charge in [-0.05, 0) is 42.5 Å². The summed E-state index contributed by atoms with van der Waals surface area (Å²) >= 11 is 0. The third-order valence-corrected chi connectivity index (χ3v) is 6.89. The standard InChI is InChI=1S/C18H23N3O4S/c1-24-15-9-13-6-8-21(11-14(13)10-16(15)25-2)26(22,23)18-12-20-7-4-3-5-17(20)19-18/h9-10,12H,3-8,11H2,1-2H3. The number of ether oxygens (including phenoxy) is 2. The third-order valence-electron chi connectivity index (χ3n) is 5.17. The molecule has 0 unspecified atom stereocenters. The lowest BCUT2D eigenvalue weighted by molar-refractivity contribution is 0.348. The summed E-state index contributed by atoms with van der Waals surface area (Å²) in [6.07, 6.45) is 5.31. The topological polar surface area (TPSA) is 73.7 Å². The molecule has 2 aliphatic heterocycles. The molecule has 0 spiro atoms. The number of hydrogen-bond donors (Lipinski definition) is 0. The molecule has 0 saturated carbocycles. The Bertz CT molecular complexity index is 913. The van der Waals surface area contributed by atoms with E-state index in [1.54, 1.807) is 20.4 Å². The summed E-state index contributed by atoms with van der Waals surface area (Å²) in [7, 11) is -0.423. The molecule has 2 aliphatic rings. The van der Waals surface area contributed by atoms with E-state index in [-0.39, 0.29) is 5.03 Å².